The highest BCUT2D eigenvalue weighted by atomic mass is 16.4. The van der Waals surface area contributed by atoms with E-state index in [9.17, 15) is 9.59 Å². The molecule has 17 heavy (non-hydrogen) atoms. The zero-order valence-electron chi connectivity index (χ0n) is 9.51. The molecule has 0 bridgehead atoms. The second-order valence-electron chi connectivity index (χ2n) is 3.76. The Balaban J connectivity index is 2.79. The van der Waals surface area contributed by atoms with E-state index in [0.717, 1.165) is 22.8 Å². The summed E-state index contributed by atoms with van der Waals surface area (Å²) >= 11 is 0. The highest BCUT2D eigenvalue weighted by Gasteiger charge is 2.01. The molecule has 0 saturated carbocycles. The van der Waals surface area contributed by atoms with Gasteiger partial charge < -0.3 is 10.2 Å². The lowest BCUT2D eigenvalue weighted by Gasteiger charge is -2.04. The van der Waals surface area contributed by atoms with Gasteiger partial charge >= 0.3 is 11.9 Å². The highest BCUT2D eigenvalue weighted by molar-refractivity contribution is 5.85. The van der Waals surface area contributed by atoms with E-state index in [1.54, 1.807) is 6.07 Å². The molecule has 0 fully saturated rings. The number of carboxylic acid groups (broad SMARTS) is 2. The van der Waals surface area contributed by atoms with Crippen molar-refractivity contribution in [1.82, 2.24) is 0 Å². The van der Waals surface area contributed by atoms with Crippen molar-refractivity contribution in [2.75, 3.05) is 0 Å². The Hall–Kier alpha value is -2.10. The first-order valence-corrected chi connectivity index (χ1v) is 5.21. The molecule has 90 valence electrons. The van der Waals surface area contributed by atoms with Crippen LogP contribution >= 0.6 is 0 Å². The maximum absolute atomic E-state index is 10.4. The van der Waals surface area contributed by atoms with Crippen molar-refractivity contribution >= 4 is 18.0 Å². The number of aryl methyl sites for hydroxylation is 2. The van der Waals surface area contributed by atoms with Gasteiger partial charge in [-0.25, -0.2) is 4.79 Å². The molecule has 0 spiro atoms. The number of aliphatic carboxylic acids is 2. The maximum Gasteiger partial charge on any atom is 0.328 e. The molecule has 4 nitrogen and oxygen atoms in total. The van der Waals surface area contributed by atoms with Crippen molar-refractivity contribution in [3.8, 4) is 0 Å². The summed E-state index contributed by atoms with van der Waals surface area (Å²) in [5.41, 5.74) is 2.70. The Kier molecular flexibility index (Phi) is 4.46. The Bertz CT molecular complexity index is 460. The van der Waals surface area contributed by atoms with Crippen molar-refractivity contribution in [2.24, 2.45) is 0 Å². The Morgan fingerprint density at radius 1 is 1.29 bits per heavy atom. The van der Waals surface area contributed by atoms with E-state index in [1.807, 2.05) is 19.1 Å². The minimum atomic E-state index is -0.987. The quantitative estimate of drug-likeness (QED) is 0.765. The van der Waals surface area contributed by atoms with Crippen LogP contribution in [0.3, 0.4) is 0 Å². The molecule has 0 amide bonds. The third-order valence-electron chi connectivity index (χ3n) is 2.37. The zero-order valence-corrected chi connectivity index (χ0v) is 9.51. The Morgan fingerprint density at radius 3 is 2.53 bits per heavy atom. The molecule has 0 aliphatic rings. The van der Waals surface area contributed by atoms with Gasteiger partial charge in [0.25, 0.3) is 0 Å². The molecule has 1 aromatic carbocycles. The molecule has 0 unspecified atom stereocenters. The molecule has 0 heterocycles. The van der Waals surface area contributed by atoms with Crippen molar-refractivity contribution in [1.29, 1.82) is 0 Å². The second kappa shape index (κ2) is 5.84. The van der Waals surface area contributed by atoms with Crippen LogP contribution in [-0.2, 0) is 16.0 Å². The first-order chi connectivity index (χ1) is 7.99. The summed E-state index contributed by atoms with van der Waals surface area (Å²) in [7, 11) is 0. The summed E-state index contributed by atoms with van der Waals surface area (Å²) in [6.07, 6.45) is 3.20. The van der Waals surface area contributed by atoms with E-state index in [0.29, 0.717) is 6.42 Å². The highest BCUT2D eigenvalue weighted by Crippen LogP contribution is 2.14. The van der Waals surface area contributed by atoms with Gasteiger partial charge in [-0.2, -0.15) is 0 Å². The second-order valence-corrected chi connectivity index (χ2v) is 3.76. The third-order valence-corrected chi connectivity index (χ3v) is 2.37. The van der Waals surface area contributed by atoms with Gasteiger partial charge in [0.05, 0.1) is 0 Å². The van der Waals surface area contributed by atoms with Gasteiger partial charge in [0.15, 0.2) is 0 Å². The number of benzene rings is 1. The monoisotopic (exact) mass is 234 g/mol. The van der Waals surface area contributed by atoms with Gasteiger partial charge in [-0.15, -0.1) is 0 Å². The first kappa shape index (κ1) is 13.0. The summed E-state index contributed by atoms with van der Waals surface area (Å²) in [6.45, 7) is 1.87. The number of hydrogen-bond donors (Lipinski definition) is 2. The Labute approximate surface area is 99.2 Å². The molecule has 4 heteroatoms. The molecule has 0 aromatic heterocycles. The average molecular weight is 234 g/mol. The van der Waals surface area contributed by atoms with Gasteiger partial charge in [-0.1, -0.05) is 18.2 Å². The van der Waals surface area contributed by atoms with Gasteiger partial charge in [-0.3, -0.25) is 4.79 Å². The number of carbonyl (C=O) groups is 2. The average Bonchev–Trinajstić information content (AvgIpc) is 2.24. The minimum absolute atomic E-state index is 0.101. The maximum atomic E-state index is 10.4. The van der Waals surface area contributed by atoms with Crippen LogP contribution in [-0.4, -0.2) is 22.2 Å². The largest absolute Gasteiger partial charge is 0.481 e. The predicted molar refractivity (Wildman–Crippen MR) is 63.8 cm³/mol. The fourth-order valence-corrected chi connectivity index (χ4v) is 1.49. The summed E-state index contributed by atoms with van der Waals surface area (Å²) in [5.74, 6) is -1.81. The number of carboxylic acids is 2. The van der Waals surface area contributed by atoms with Crippen LogP contribution in [0.2, 0.25) is 0 Å². The van der Waals surface area contributed by atoms with E-state index >= 15 is 0 Å². The molecule has 1 rings (SSSR count). The lowest BCUT2D eigenvalue weighted by atomic mass is 10.0. The van der Waals surface area contributed by atoms with E-state index in [2.05, 4.69) is 0 Å². The van der Waals surface area contributed by atoms with Crippen LogP contribution in [0.1, 0.15) is 23.1 Å². The van der Waals surface area contributed by atoms with Gasteiger partial charge in [0, 0.05) is 12.5 Å². The van der Waals surface area contributed by atoms with E-state index in [4.69, 9.17) is 10.2 Å². The van der Waals surface area contributed by atoms with Crippen LogP contribution in [0.25, 0.3) is 6.08 Å². The first-order valence-electron chi connectivity index (χ1n) is 5.21. The molecule has 1 aromatic rings. The molecule has 2 N–H and O–H groups in total. The van der Waals surface area contributed by atoms with Crippen LogP contribution < -0.4 is 0 Å². The van der Waals surface area contributed by atoms with E-state index in [-0.39, 0.29) is 6.42 Å². The number of rotatable bonds is 5. The smallest absolute Gasteiger partial charge is 0.328 e. The SMILES string of the molecule is Cc1cc(CCC(=O)O)ccc1/C=C/C(=O)O. The van der Waals surface area contributed by atoms with Crippen molar-refractivity contribution in [2.45, 2.75) is 19.8 Å². The van der Waals surface area contributed by atoms with E-state index in [1.165, 1.54) is 6.08 Å². The molecular weight excluding hydrogens is 220 g/mol. The molecular formula is C13H14O4. The minimum Gasteiger partial charge on any atom is -0.481 e. The van der Waals surface area contributed by atoms with Crippen LogP contribution in [0.15, 0.2) is 24.3 Å². The van der Waals surface area contributed by atoms with Gasteiger partial charge in [-0.05, 0) is 36.1 Å². The molecule has 0 saturated heterocycles. The molecule has 0 radical (unpaired) electrons. The van der Waals surface area contributed by atoms with Gasteiger partial charge in [0.2, 0.25) is 0 Å². The predicted octanol–water partition coefficient (Wildman–Crippen LogP) is 2.11. The third kappa shape index (κ3) is 4.51. The van der Waals surface area contributed by atoms with Crippen LogP contribution in [0.4, 0.5) is 0 Å². The lowest BCUT2D eigenvalue weighted by molar-refractivity contribution is -0.137. The summed E-state index contributed by atoms with van der Waals surface area (Å²) in [5, 5.41) is 17.1. The Morgan fingerprint density at radius 2 is 2.00 bits per heavy atom. The summed E-state index contributed by atoms with van der Waals surface area (Å²) in [6, 6.07) is 5.49. The van der Waals surface area contributed by atoms with Crippen molar-refractivity contribution < 1.29 is 19.8 Å². The number of hydrogen-bond acceptors (Lipinski definition) is 2. The topological polar surface area (TPSA) is 74.6 Å². The van der Waals surface area contributed by atoms with Crippen molar-refractivity contribution in [3.63, 3.8) is 0 Å². The van der Waals surface area contributed by atoms with Gasteiger partial charge in [0.1, 0.15) is 0 Å². The lowest BCUT2D eigenvalue weighted by Crippen LogP contribution is -1.98. The molecule has 0 aliphatic heterocycles. The molecule has 0 atom stereocenters. The summed E-state index contributed by atoms with van der Waals surface area (Å²) in [4.78, 5) is 20.8. The summed E-state index contributed by atoms with van der Waals surface area (Å²) < 4.78 is 0. The molecule has 0 aliphatic carbocycles. The van der Waals surface area contributed by atoms with Crippen LogP contribution in [0.5, 0.6) is 0 Å². The zero-order chi connectivity index (χ0) is 12.8. The fraction of sp³-hybridized carbons (Fsp3) is 0.231. The fourth-order valence-electron chi connectivity index (χ4n) is 1.49. The van der Waals surface area contributed by atoms with Crippen molar-refractivity contribution in [3.05, 3.63) is 41.0 Å². The standard InChI is InChI=1S/C13H14O4/c1-9-8-10(3-6-12(14)15)2-4-11(9)5-7-13(16)17/h2,4-5,7-8H,3,6H2,1H3,(H,14,15)(H,16,17)/b7-5+. The van der Waals surface area contributed by atoms with E-state index < -0.39 is 11.9 Å². The normalized spacial score (nSPS) is 10.6. The van der Waals surface area contributed by atoms with Crippen LogP contribution in [0, 0.1) is 6.92 Å².